The second-order valence-electron chi connectivity index (χ2n) is 6.88. The van der Waals surface area contributed by atoms with Crippen molar-refractivity contribution in [3.05, 3.63) is 53.3 Å². The molecule has 0 atom stereocenters. The van der Waals surface area contributed by atoms with E-state index in [4.69, 9.17) is 4.74 Å². The summed E-state index contributed by atoms with van der Waals surface area (Å²) in [6.07, 6.45) is 3.34. The standard InChI is InChI=1S/C20H21F3N2O4S/c1-29-18-7-6-13(20(26)24-17-12-15(22)14(21)11-16(17)23)10-19(18)30(27,28)25-8-4-2-3-5-9-25/h6-7,10-12H,2-5,8-9H2,1H3,(H,24,26). The largest absolute Gasteiger partial charge is 0.495 e. The van der Waals surface area contributed by atoms with E-state index in [9.17, 15) is 26.4 Å². The van der Waals surface area contributed by atoms with Gasteiger partial charge in [-0.1, -0.05) is 12.8 Å². The van der Waals surface area contributed by atoms with Crippen LogP contribution in [0, 0.1) is 17.5 Å². The van der Waals surface area contributed by atoms with Crippen LogP contribution in [-0.4, -0.2) is 38.8 Å². The molecular formula is C20H21F3N2O4S. The van der Waals surface area contributed by atoms with Gasteiger partial charge in [0.15, 0.2) is 11.6 Å². The molecule has 1 fully saturated rings. The second kappa shape index (κ2) is 9.05. The minimum Gasteiger partial charge on any atom is -0.495 e. The number of nitrogens with one attached hydrogen (secondary N) is 1. The van der Waals surface area contributed by atoms with Crippen molar-refractivity contribution < 1.29 is 31.1 Å². The highest BCUT2D eigenvalue weighted by atomic mass is 32.2. The highest BCUT2D eigenvalue weighted by molar-refractivity contribution is 7.89. The number of hydrogen-bond acceptors (Lipinski definition) is 4. The molecule has 0 aromatic heterocycles. The first-order valence-corrected chi connectivity index (χ1v) is 10.8. The molecule has 0 radical (unpaired) electrons. The normalized spacial score (nSPS) is 15.5. The third-order valence-corrected chi connectivity index (χ3v) is 6.79. The summed E-state index contributed by atoms with van der Waals surface area (Å²) in [5.74, 6) is -4.69. The van der Waals surface area contributed by atoms with Crippen LogP contribution >= 0.6 is 0 Å². The number of rotatable bonds is 5. The Kier molecular flexibility index (Phi) is 6.67. The van der Waals surface area contributed by atoms with Gasteiger partial charge in [-0.05, 0) is 31.0 Å². The Labute approximate surface area is 172 Å². The van der Waals surface area contributed by atoms with Gasteiger partial charge in [-0.15, -0.1) is 0 Å². The van der Waals surface area contributed by atoms with Crippen LogP contribution in [0.2, 0.25) is 0 Å². The average Bonchev–Trinajstić information content (AvgIpc) is 3.01. The maximum Gasteiger partial charge on any atom is 0.255 e. The van der Waals surface area contributed by atoms with Crippen LogP contribution in [-0.2, 0) is 10.0 Å². The van der Waals surface area contributed by atoms with Gasteiger partial charge in [-0.3, -0.25) is 4.79 Å². The first-order valence-electron chi connectivity index (χ1n) is 9.38. The minimum atomic E-state index is -3.93. The van der Waals surface area contributed by atoms with Gasteiger partial charge in [0.05, 0.1) is 12.8 Å². The summed E-state index contributed by atoms with van der Waals surface area (Å²) in [6.45, 7) is 0.726. The van der Waals surface area contributed by atoms with Crippen molar-refractivity contribution in [2.75, 3.05) is 25.5 Å². The van der Waals surface area contributed by atoms with Gasteiger partial charge in [-0.25, -0.2) is 21.6 Å². The van der Waals surface area contributed by atoms with Crippen molar-refractivity contribution in [3.8, 4) is 5.75 Å². The summed E-state index contributed by atoms with van der Waals surface area (Å²) in [7, 11) is -2.62. The van der Waals surface area contributed by atoms with Crippen LogP contribution in [0.25, 0.3) is 0 Å². The molecule has 0 bridgehead atoms. The van der Waals surface area contributed by atoms with Crippen molar-refractivity contribution in [2.45, 2.75) is 30.6 Å². The number of sulfonamides is 1. The zero-order valence-electron chi connectivity index (χ0n) is 16.3. The van der Waals surface area contributed by atoms with Gasteiger partial charge < -0.3 is 10.1 Å². The number of nitrogens with zero attached hydrogens (tertiary/aromatic N) is 1. The van der Waals surface area contributed by atoms with Crippen LogP contribution in [0.15, 0.2) is 35.2 Å². The summed E-state index contributed by atoms with van der Waals surface area (Å²) in [5, 5.41) is 2.13. The van der Waals surface area contributed by atoms with Crippen molar-refractivity contribution in [3.63, 3.8) is 0 Å². The molecule has 6 nitrogen and oxygen atoms in total. The number of halogens is 3. The fourth-order valence-corrected chi connectivity index (χ4v) is 4.95. The predicted octanol–water partition coefficient (Wildman–Crippen LogP) is 3.93. The van der Waals surface area contributed by atoms with E-state index in [-0.39, 0.29) is 16.2 Å². The summed E-state index contributed by atoms with van der Waals surface area (Å²) < 4.78 is 73.1. The summed E-state index contributed by atoms with van der Waals surface area (Å²) in [5.41, 5.74) is -0.667. The van der Waals surface area contributed by atoms with E-state index in [0.717, 1.165) is 31.7 Å². The average molecular weight is 442 g/mol. The zero-order chi connectivity index (χ0) is 21.9. The molecule has 2 aromatic carbocycles. The van der Waals surface area contributed by atoms with Crippen LogP contribution in [0.1, 0.15) is 36.0 Å². The van der Waals surface area contributed by atoms with E-state index in [1.807, 2.05) is 0 Å². The smallest absolute Gasteiger partial charge is 0.255 e. The van der Waals surface area contributed by atoms with Crippen LogP contribution in [0.4, 0.5) is 18.9 Å². The number of anilines is 1. The third kappa shape index (κ3) is 4.59. The first kappa shape index (κ1) is 22.1. The molecule has 1 aliphatic rings. The van der Waals surface area contributed by atoms with E-state index in [0.29, 0.717) is 25.2 Å². The van der Waals surface area contributed by atoms with Gasteiger partial charge >= 0.3 is 0 Å². The lowest BCUT2D eigenvalue weighted by Crippen LogP contribution is -2.32. The lowest BCUT2D eigenvalue weighted by molar-refractivity contribution is 0.102. The number of carbonyl (C=O) groups is 1. The zero-order valence-corrected chi connectivity index (χ0v) is 17.1. The second-order valence-corrected chi connectivity index (χ2v) is 8.79. The molecule has 162 valence electrons. The van der Waals surface area contributed by atoms with Crippen molar-refractivity contribution in [1.29, 1.82) is 0 Å². The van der Waals surface area contributed by atoms with Crippen molar-refractivity contribution in [1.82, 2.24) is 4.31 Å². The van der Waals surface area contributed by atoms with E-state index < -0.39 is 39.1 Å². The molecule has 1 N–H and O–H groups in total. The Morgan fingerprint density at radius 1 is 0.967 bits per heavy atom. The third-order valence-electron chi connectivity index (χ3n) is 4.87. The number of hydrogen-bond donors (Lipinski definition) is 1. The predicted molar refractivity (Wildman–Crippen MR) is 104 cm³/mol. The van der Waals surface area contributed by atoms with Crippen LogP contribution < -0.4 is 10.1 Å². The van der Waals surface area contributed by atoms with Crippen LogP contribution in [0.3, 0.4) is 0 Å². The summed E-state index contributed by atoms with van der Waals surface area (Å²) >= 11 is 0. The van der Waals surface area contributed by atoms with Crippen molar-refractivity contribution >= 4 is 21.6 Å². The van der Waals surface area contributed by atoms with E-state index >= 15 is 0 Å². The molecule has 0 aliphatic carbocycles. The number of carbonyl (C=O) groups excluding carboxylic acids is 1. The number of ether oxygens (including phenoxy) is 1. The molecule has 0 unspecified atom stereocenters. The van der Waals surface area contributed by atoms with Crippen LogP contribution in [0.5, 0.6) is 5.75 Å². The molecule has 1 saturated heterocycles. The fraction of sp³-hybridized carbons (Fsp3) is 0.350. The lowest BCUT2D eigenvalue weighted by atomic mass is 10.2. The Morgan fingerprint density at radius 3 is 2.23 bits per heavy atom. The number of benzene rings is 2. The highest BCUT2D eigenvalue weighted by Gasteiger charge is 2.29. The Hall–Kier alpha value is -2.59. The molecule has 0 spiro atoms. The quantitative estimate of drug-likeness (QED) is 0.712. The van der Waals surface area contributed by atoms with E-state index in [2.05, 4.69) is 5.32 Å². The number of methoxy groups -OCH3 is 1. The first-order chi connectivity index (χ1) is 14.2. The summed E-state index contributed by atoms with van der Waals surface area (Å²) in [4.78, 5) is 12.3. The molecular weight excluding hydrogens is 421 g/mol. The minimum absolute atomic E-state index is 0.0646. The SMILES string of the molecule is COc1ccc(C(=O)Nc2cc(F)c(F)cc2F)cc1S(=O)(=O)N1CCCCCC1. The van der Waals surface area contributed by atoms with E-state index in [1.54, 1.807) is 0 Å². The molecule has 1 heterocycles. The Balaban J connectivity index is 1.94. The van der Waals surface area contributed by atoms with Gasteiger partial charge in [0.2, 0.25) is 10.0 Å². The van der Waals surface area contributed by atoms with Crippen molar-refractivity contribution in [2.24, 2.45) is 0 Å². The van der Waals surface area contributed by atoms with Gasteiger partial charge in [0.1, 0.15) is 16.5 Å². The van der Waals surface area contributed by atoms with Gasteiger partial charge in [-0.2, -0.15) is 4.31 Å². The maximum atomic E-state index is 13.8. The van der Waals surface area contributed by atoms with Gasteiger partial charge in [0.25, 0.3) is 5.91 Å². The molecule has 30 heavy (non-hydrogen) atoms. The molecule has 2 aromatic rings. The Bertz CT molecular complexity index is 1050. The molecule has 1 amide bonds. The topological polar surface area (TPSA) is 75.7 Å². The maximum absolute atomic E-state index is 13.8. The molecule has 3 rings (SSSR count). The van der Waals surface area contributed by atoms with Gasteiger partial charge in [0, 0.05) is 30.8 Å². The van der Waals surface area contributed by atoms with E-state index in [1.165, 1.54) is 23.5 Å². The molecule has 1 aliphatic heterocycles. The monoisotopic (exact) mass is 442 g/mol. The Morgan fingerprint density at radius 2 is 1.60 bits per heavy atom. The highest BCUT2D eigenvalue weighted by Crippen LogP contribution is 2.30. The molecule has 0 saturated carbocycles. The fourth-order valence-electron chi connectivity index (χ4n) is 3.25. The lowest BCUT2D eigenvalue weighted by Gasteiger charge is -2.21. The number of amides is 1. The molecule has 10 heteroatoms. The summed E-state index contributed by atoms with van der Waals surface area (Å²) in [6, 6.07) is 4.58.